The molecule has 2 saturated carbocycles. The lowest BCUT2D eigenvalue weighted by atomic mass is 10.1. The van der Waals surface area contributed by atoms with Gasteiger partial charge in [-0.1, -0.05) is 0 Å². The van der Waals surface area contributed by atoms with Crippen LogP contribution in [0.4, 0.5) is 15.8 Å². The lowest BCUT2D eigenvalue weighted by molar-refractivity contribution is 0.612. The molecule has 0 aliphatic heterocycles. The summed E-state index contributed by atoms with van der Waals surface area (Å²) in [5.41, 5.74) is 7.76. The molecule has 0 unspecified atom stereocenters. The van der Waals surface area contributed by atoms with E-state index in [9.17, 15) is 4.39 Å². The fraction of sp³-hybridized carbons (Fsp3) is 0.438. The first-order chi connectivity index (χ1) is 9.74. The number of aromatic nitrogens is 1. The molecule has 2 N–H and O–H groups in total. The summed E-state index contributed by atoms with van der Waals surface area (Å²) in [7, 11) is 0. The molecule has 0 radical (unpaired) electrons. The highest BCUT2D eigenvalue weighted by molar-refractivity contribution is 5.99. The van der Waals surface area contributed by atoms with E-state index in [1.807, 2.05) is 12.1 Å². The zero-order valence-electron chi connectivity index (χ0n) is 11.3. The molecule has 2 aliphatic rings. The zero-order chi connectivity index (χ0) is 13.7. The highest BCUT2D eigenvalue weighted by Gasteiger charge is 2.36. The van der Waals surface area contributed by atoms with Gasteiger partial charge in [-0.25, -0.2) is 4.39 Å². The molecule has 3 nitrogen and oxygen atoms in total. The van der Waals surface area contributed by atoms with Crippen LogP contribution in [-0.4, -0.2) is 17.6 Å². The minimum absolute atomic E-state index is 0.235. The van der Waals surface area contributed by atoms with Crippen molar-refractivity contribution in [1.29, 1.82) is 0 Å². The van der Waals surface area contributed by atoms with Crippen molar-refractivity contribution in [2.24, 2.45) is 5.92 Å². The molecule has 2 aromatic rings. The van der Waals surface area contributed by atoms with Crippen molar-refractivity contribution in [3.63, 3.8) is 0 Å². The highest BCUT2D eigenvalue weighted by Crippen LogP contribution is 2.41. The molecule has 2 fully saturated rings. The molecule has 4 heteroatoms. The smallest absolute Gasteiger partial charge is 0.150 e. The van der Waals surface area contributed by atoms with E-state index in [1.54, 1.807) is 6.20 Å². The Morgan fingerprint density at radius 2 is 2.10 bits per heavy atom. The normalized spacial score (nSPS) is 18.4. The van der Waals surface area contributed by atoms with Gasteiger partial charge in [-0.15, -0.1) is 0 Å². The number of fused-ring (bicyclic) bond motifs is 1. The Morgan fingerprint density at radius 3 is 2.80 bits per heavy atom. The van der Waals surface area contributed by atoms with E-state index < -0.39 is 0 Å². The second kappa shape index (κ2) is 4.33. The third-order valence-electron chi connectivity index (χ3n) is 4.28. The number of nitrogen functional groups attached to an aromatic ring is 1. The largest absolute Gasteiger partial charge is 0.398 e. The van der Waals surface area contributed by atoms with Crippen molar-refractivity contribution >= 4 is 22.3 Å². The lowest BCUT2D eigenvalue weighted by Gasteiger charge is -2.26. The fourth-order valence-corrected chi connectivity index (χ4v) is 2.88. The monoisotopic (exact) mass is 271 g/mol. The molecule has 1 heterocycles. The highest BCUT2D eigenvalue weighted by atomic mass is 19.1. The van der Waals surface area contributed by atoms with Crippen molar-refractivity contribution < 1.29 is 4.39 Å². The first-order valence-electron chi connectivity index (χ1n) is 7.33. The molecule has 0 saturated heterocycles. The van der Waals surface area contributed by atoms with Crippen LogP contribution in [0.2, 0.25) is 0 Å². The predicted molar refractivity (Wildman–Crippen MR) is 79.2 cm³/mol. The molecule has 4 rings (SSSR count). The SMILES string of the molecule is Nc1cc(F)c(N(CC2CC2)C2CC2)c2ncccc12. The van der Waals surface area contributed by atoms with Crippen molar-refractivity contribution in [3.05, 3.63) is 30.2 Å². The van der Waals surface area contributed by atoms with Crippen LogP contribution in [0.25, 0.3) is 10.9 Å². The van der Waals surface area contributed by atoms with Gasteiger partial charge in [-0.3, -0.25) is 4.98 Å². The first kappa shape index (κ1) is 11.9. The topological polar surface area (TPSA) is 42.1 Å². The van der Waals surface area contributed by atoms with Gasteiger partial charge in [0, 0.05) is 29.9 Å². The fourth-order valence-electron chi connectivity index (χ4n) is 2.88. The van der Waals surface area contributed by atoms with Crippen LogP contribution >= 0.6 is 0 Å². The molecule has 0 bridgehead atoms. The molecule has 20 heavy (non-hydrogen) atoms. The van der Waals surface area contributed by atoms with Gasteiger partial charge in [0.2, 0.25) is 0 Å². The number of nitrogens with zero attached hydrogens (tertiary/aromatic N) is 2. The summed E-state index contributed by atoms with van der Waals surface area (Å²) in [6, 6.07) is 5.70. The van der Waals surface area contributed by atoms with Gasteiger partial charge in [0.1, 0.15) is 5.69 Å². The molecule has 1 aromatic heterocycles. The Balaban J connectivity index is 1.87. The molecular formula is C16H18FN3. The van der Waals surface area contributed by atoms with E-state index in [-0.39, 0.29) is 5.82 Å². The maximum atomic E-state index is 14.5. The Labute approximate surface area is 117 Å². The summed E-state index contributed by atoms with van der Waals surface area (Å²) >= 11 is 0. The second-order valence-corrected chi connectivity index (χ2v) is 6.02. The molecule has 1 aromatic carbocycles. The Bertz CT molecular complexity index is 662. The van der Waals surface area contributed by atoms with Crippen molar-refractivity contribution in [2.75, 3.05) is 17.2 Å². The van der Waals surface area contributed by atoms with Crippen LogP contribution in [0.15, 0.2) is 24.4 Å². The zero-order valence-corrected chi connectivity index (χ0v) is 11.3. The van der Waals surface area contributed by atoms with Crippen molar-refractivity contribution in [3.8, 4) is 0 Å². The Morgan fingerprint density at radius 1 is 1.30 bits per heavy atom. The minimum Gasteiger partial charge on any atom is -0.398 e. The standard InChI is InChI=1S/C16H18FN3/c17-13-8-14(18)12-2-1-7-19-15(12)16(13)20(11-5-6-11)9-10-3-4-10/h1-2,7-8,10-11H,3-6,9,18H2. The van der Waals surface area contributed by atoms with E-state index in [2.05, 4.69) is 9.88 Å². The van der Waals surface area contributed by atoms with E-state index in [4.69, 9.17) is 5.73 Å². The summed E-state index contributed by atoms with van der Waals surface area (Å²) < 4.78 is 14.5. The average molecular weight is 271 g/mol. The number of benzene rings is 1. The molecular weight excluding hydrogens is 253 g/mol. The number of pyridine rings is 1. The van der Waals surface area contributed by atoms with Gasteiger partial charge < -0.3 is 10.6 Å². The van der Waals surface area contributed by atoms with E-state index in [1.165, 1.54) is 18.9 Å². The third kappa shape index (κ3) is 1.99. The Hall–Kier alpha value is -1.84. The van der Waals surface area contributed by atoms with Crippen LogP contribution in [0, 0.1) is 11.7 Å². The average Bonchev–Trinajstić information content (AvgIpc) is 3.31. The summed E-state index contributed by atoms with van der Waals surface area (Å²) in [6.07, 6.45) is 6.57. The van der Waals surface area contributed by atoms with Crippen LogP contribution < -0.4 is 10.6 Å². The summed E-state index contributed by atoms with van der Waals surface area (Å²) in [6.45, 7) is 0.956. The molecule has 104 valence electrons. The first-order valence-corrected chi connectivity index (χ1v) is 7.33. The van der Waals surface area contributed by atoms with Crippen LogP contribution in [0.5, 0.6) is 0 Å². The van der Waals surface area contributed by atoms with Crippen LogP contribution in [0.3, 0.4) is 0 Å². The number of anilines is 2. The number of rotatable bonds is 4. The van der Waals surface area contributed by atoms with Gasteiger partial charge in [0.05, 0.1) is 5.52 Å². The van der Waals surface area contributed by atoms with Gasteiger partial charge in [-0.05, 0) is 49.8 Å². The van der Waals surface area contributed by atoms with Gasteiger partial charge in [0.15, 0.2) is 5.82 Å². The quantitative estimate of drug-likeness (QED) is 0.867. The van der Waals surface area contributed by atoms with E-state index in [0.717, 1.165) is 30.7 Å². The summed E-state index contributed by atoms with van der Waals surface area (Å²) in [5, 5.41) is 0.852. The molecule has 0 amide bonds. The van der Waals surface area contributed by atoms with Crippen molar-refractivity contribution in [2.45, 2.75) is 31.7 Å². The third-order valence-corrected chi connectivity index (χ3v) is 4.28. The number of hydrogen-bond acceptors (Lipinski definition) is 3. The van der Waals surface area contributed by atoms with Crippen molar-refractivity contribution in [1.82, 2.24) is 4.98 Å². The maximum absolute atomic E-state index is 14.5. The summed E-state index contributed by atoms with van der Waals surface area (Å²) in [4.78, 5) is 6.64. The minimum atomic E-state index is -0.235. The van der Waals surface area contributed by atoms with Gasteiger partial charge >= 0.3 is 0 Å². The number of hydrogen-bond donors (Lipinski definition) is 1. The molecule has 2 aliphatic carbocycles. The molecule has 0 spiro atoms. The van der Waals surface area contributed by atoms with Crippen LogP contribution in [-0.2, 0) is 0 Å². The lowest BCUT2D eigenvalue weighted by Crippen LogP contribution is -2.29. The predicted octanol–water partition coefficient (Wildman–Crippen LogP) is 3.33. The summed E-state index contributed by atoms with van der Waals surface area (Å²) in [5.74, 6) is 0.493. The van der Waals surface area contributed by atoms with E-state index >= 15 is 0 Å². The van der Waals surface area contributed by atoms with Crippen LogP contribution in [0.1, 0.15) is 25.7 Å². The van der Waals surface area contributed by atoms with Gasteiger partial charge in [-0.2, -0.15) is 0 Å². The maximum Gasteiger partial charge on any atom is 0.150 e. The molecule has 0 atom stereocenters. The van der Waals surface area contributed by atoms with E-state index in [0.29, 0.717) is 22.9 Å². The number of nitrogens with two attached hydrogens (primary N) is 1. The number of halogens is 1. The van der Waals surface area contributed by atoms with Gasteiger partial charge in [0.25, 0.3) is 0 Å². The second-order valence-electron chi connectivity index (χ2n) is 6.02. The Kier molecular flexibility index (Phi) is 2.59.